The molecular formula is C30H35ClN6O3. The van der Waals surface area contributed by atoms with Crippen LogP contribution in [0.2, 0.25) is 5.02 Å². The van der Waals surface area contributed by atoms with E-state index < -0.39 is 5.60 Å². The van der Waals surface area contributed by atoms with Crippen molar-refractivity contribution in [1.82, 2.24) is 19.4 Å². The van der Waals surface area contributed by atoms with E-state index in [0.717, 1.165) is 29.3 Å². The molecule has 0 radical (unpaired) electrons. The first kappa shape index (κ1) is 27.6. The van der Waals surface area contributed by atoms with Crippen molar-refractivity contribution in [2.75, 3.05) is 31.2 Å². The Hall–Kier alpha value is -3.98. The summed E-state index contributed by atoms with van der Waals surface area (Å²) >= 11 is 6.61. The topological polar surface area (TPSA) is 108 Å². The van der Waals surface area contributed by atoms with Crippen LogP contribution in [0.4, 0.5) is 22.1 Å². The zero-order valence-corrected chi connectivity index (χ0v) is 24.2. The number of hydrogen-bond acceptors (Lipinski definition) is 7. The predicted octanol–water partition coefficient (Wildman–Crippen LogP) is 6.74. The standard InChI is InChI=1S/C30H35ClN6O3/c1-30(2,3)40-29(38)37-12-10-18(11-13-37)19-6-8-21-22(17-36(4)25(21)14-19)27-23(31)16-33-28(35-27)34-24-15-20(32)7-9-26(24)39-5/h6-9,14-18H,10-13,32H2,1-5H3,(H,33,34,35). The highest BCUT2D eigenvalue weighted by Gasteiger charge is 2.28. The number of benzene rings is 2. The first-order valence-corrected chi connectivity index (χ1v) is 13.7. The quantitative estimate of drug-likeness (QED) is 0.259. The van der Waals surface area contributed by atoms with Gasteiger partial charge in [0.25, 0.3) is 0 Å². The number of anilines is 3. The number of halogens is 1. The summed E-state index contributed by atoms with van der Waals surface area (Å²) < 4.78 is 13.1. The molecule has 3 heterocycles. The number of nitrogen functional groups attached to an aromatic ring is 1. The Morgan fingerprint density at radius 3 is 2.60 bits per heavy atom. The molecule has 1 aliphatic heterocycles. The summed E-state index contributed by atoms with van der Waals surface area (Å²) in [6.45, 7) is 7.04. The minimum absolute atomic E-state index is 0.238. The zero-order chi connectivity index (χ0) is 28.6. The van der Waals surface area contributed by atoms with E-state index in [9.17, 15) is 4.79 Å². The second-order valence-electron chi connectivity index (χ2n) is 11.1. The molecule has 4 aromatic rings. The van der Waals surface area contributed by atoms with Crippen LogP contribution in [-0.2, 0) is 11.8 Å². The highest BCUT2D eigenvalue weighted by molar-refractivity contribution is 6.33. The van der Waals surface area contributed by atoms with Gasteiger partial charge in [0.1, 0.15) is 11.4 Å². The highest BCUT2D eigenvalue weighted by Crippen LogP contribution is 2.37. The normalized spacial score (nSPS) is 14.4. The van der Waals surface area contributed by atoms with Gasteiger partial charge in [0.05, 0.1) is 29.7 Å². The first-order valence-electron chi connectivity index (χ1n) is 13.3. The summed E-state index contributed by atoms with van der Waals surface area (Å²) in [5, 5.41) is 4.70. The van der Waals surface area contributed by atoms with Crippen molar-refractivity contribution in [3.05, 3.63) is 59.4 Å². The number of nitrogens with zero attached hydrogens (tertiary/aromatic N) is 4. The van der Waals surface area contributed by atoms with E-state index in [1.165, 1.54) is 5.56 Å². The third-order valence-electron chi connectivity index (χ3n) is 7.10. The summed E-state index contributed by atoms with van der Waals surface area (Å²) in [5.41, 5.74) is 10.6. The molecule has 10 heteroatoms. The van der Waals surface area contributed by atoms with Gasteiger partial charge in [0.2, 0.25) is 5.95 Å². The molecule has 2 aromatic carbocycles. The molecule has 40 heavy (non-hydrogen) atoms. The number of carbonyl (C=O) groups is 1. The second kappa shape index (κ2) is 10.9. The summed E-state index contributed by atoms with van der Waals surface area (Å²) in [7, 11) is 3.62. The number of likely N-dealkylation sites (tertiary alicyclic amines) is 1. The van der Waals surface area contributed by atoms with Crippen LogP contribution in [0.3, 0.4) is 0 Å². The number of methoxy groups -OCH3 is 1. The van der Waals surface area contributed by atoms with Gasteiger partial charge >= 0.3 is 6.09 Å². The Morgan fingerprint density at radius 2 is 1.90 bits per heavy atom. The van der Waals surface area contributed by atoms with Gasteiger partial charge in [-0.05, 0) is 69.4 Å². The molecule has 5 rings (SSSR count). The molecule has 210 valence electrons. The molecule has 0 unspecified atom stereocenters. The number of aryl methyl sites for hydroxylation is 1. The van der Waals surface area contributed by atoms with Crippen LogP contribution in [0.5, 0.6) is 5.75 Å². The number of hydrogen-bond donors (Lipinski definition) is 2. The number of piperidine rings is 1. The monoisotopic (exact) mass is 562 g/mol. The minimum atomic E-state index is -0.491. The van der Waals surface area contributed by atoms with E-state index in [2.05, 4.69) is 33.1 Å². The van der Waals surface area contributed by atoms with Crippen LogP contribution in [0.25, 0.3) is 22.2 Å². The van der Waals surface area contributed by atoms with Gasteiger partial charge in [0, 0.05) is 48.5 Å². The average molecular weight is 563 g/mol. The van der Waals surface area contributed by atoms with Crippen LogP contribution in [-0.4, -0.2) is 51.3 Å². The third-order valence-corrected chi connectivity index (χ3v) is 7.38. The van der Waals surface area contributed by atoms with Gasteiger partial charge in [-0.3, -0.25) is 0 Å². The lowest BCUT2D eigenvalue weighted by Gasteiger charge is -2.33. The van der Waals surface area contributed by atoms with E-state index in [1.807, 2.05) is 38.9 Å². The molecule has 3 N–H and O–H groups in total. The lowest BCUT2D eigenvalue weighted by Crippen LogP contribution is -2.41. The molecule has 0 aliphatic carbocycles. The largest absolute Gasteiger partial charge is 0.495 e. The molecule has 0 spiro atoms. The number of ether oxygens (including phenoxy) is 2. The fourth-order valence-electron chi connectivity index (χ4n) is 5.13. The molecule has 1 amide bonds. The number of nitrogens with two attached hydrogens (primary N) is 1. The van der Waals surface area contributed by atoms with Gasteiger partial charge < -0.3 is 30.0 Å². The van der Waals surface area contributed by atoms with Crippen molar-refractivity contribution >= 4 is 45.9 Å². The van der Waals surface area contributed by atoms with Crippen LogP contribution in [0, 0.1) is 0 Å². The van der Waals surface area contributed by atoms with E-state index in [-0.39, 0.29) is 6.09 Å². The Bertz CT molecular complexity index is 1550. The smallest absolute Gasteiger partial charge is 0.410 e. The Kier molecular flexibility index (Phi) is 7.51. The number of nitrogens with one attached hydrogen (secondary N) is 1. The minimum Gasteiger partial charge on any atom is -0.495 e. The van der Waals surface area contributed by atoms with E-state index in [0.29, 0.717) is 52.8 Å². The van der Waals surface area contributed by atoms with Crippen LogP contribution >= 0.6 is 11.6 Å². The Balaban J connectivity index is 1.38. The number of amides is 1. The Labute approximate surface area is 239 Å². The van der Waals surface area contributed by atoms with Crippen LogP contribution in [0.1, 0.15) is 45.1 Å². The van der Waals surface area contributed by atoms with Gasteiger partial charge in [-0.15, -0.1) is 0 Å². The molecule has 1 saturated heterocycles. The lowest BCUT2D eigenvalue weighted by atomic mass is 9.89. The summed E-state index contributed by atoms with van der Waals surface area (Å²) in [4.78, 5) is 23.4. The van der Waals surface area contributed by atoms with Crippen molar-refractivity contribution in [3.8, 4) is 17.0 Å². The fraction of sp³-hybridized carbons (Fsp3) is 0.367. The average Bonchev–Trinajstić information content (AvgIpc) is 3.24. The van der Waals surface area contributed by atoms with E-state index in [1.54, 1.807) is 31.5 Å². The maximum absolute atomic E-state index is 12.5. The lowest BCUT2D eigenvalue weighted by molar-refractivity contribution is 0.0205. The Morgan fingerprint density at radius 1 is 1.15 bits per heavy atom. The van der Waals surface area contributed by atoms with Crippen molar-refractivity contribution in [1.29, 1.82) is 0 Å². The van der Waals surface area contributed by atoms with Crippen LogP contribution in [0.15, 0.2) is 48.8 Å². The number of rotatable bonds is 5. The first-order chi connectivity index (χ1) is 19.0. The van der Waals surface area contributed by atoms with E-state index >= 15 is 0 Å². The number of carbonyl (C=O) groups excluding carboxylic acids is 1. The maximum Gasteiger partial charge on any atom is 0.410 e. The zero-order valence-electron chi connectivity index (χ0n) is 23.5. The van der Waals surface area contributed by atoms with Gasteiger partial charge in [0.15, 0.2) is 0 Å². The van der Waals surface area contributed by atoms with Crippen molar-refractivity contribution < 1.29 is 14.3 Å². The summed E-state index contributed by atoms with van der Waals surface area (Å²) in [6.07, 6.45) is 5.18. The summed E-state index contributed by atoms with van der Waals surface area (Å²) in [5.74, 6) is 1.38. The predicted molar refractivity (Wildman–Crippen MR) is 159 cm³/mol. The van der Waals surface area contributed by atoms with E-state index in [4.69, 9.17) is 31.8 Å². The molecule has 2 aromatic heterocycles. The molecule has 9 nitrogen and oxygen atoms in total. The fourth-order valence-corrected chi connectivity index (χ4v) is 5.32. The van der Waals surface area contributed by atoms with Crippen molar-refractivity contribution in [3.63, 3.8) is 0 Å². The molecule has 0 bridgehead atoms. The number of aromatic nitrogens is 3. The highest BCUT2D eigenvalue weighted by atomic mass is 35.5. The molecule has 1 aliphatic rings. The van der Waals surface area contributed by atoms with Gasteiger partial charge in [-0.2, -0.15) is 0 Å². The molecule has 0 saturated carbocycles. The summed E-state index contributed by atoms with van der Waals surface area (Å²) in [6, 6.07) is 11.9. The van der Waals surface area contributed by atoms with Crippen molar-refractivity contribution in [2.24, 2.45) is 7.05 Å². The maximum atomic E-state index is 12.5. The molecule has 0 atom stereocenters. The third kappa shape index (κ3) is 5.79. The SMILES string of the molecule is COc1ccc(N)cc1Nc1ncc(Cl)c(-c2cn(C)c3cc(C4CCN(C(=O)OC(C)(C)C)CC4)ccc23)n1. The molecular weight excluding hydrogens is 528 g/mol. The number of fused-ring (bicyclic) bond motifs is 1. The van der Waals surface area contributed by atoms with Gasteiger partial charge in [-0.1, -0.05) is 23.7 Å². The second-order valence-corrected chi connectivity index (χ2v) is 11.6. The van der Waals surface area contributed by atoms with Crippen molar-refractivity contribution in [2.45, 2.75) is 45.1 Å². The van der Waals surface area contributed by atoms with Crippen LogP contribution < -0.4 is 15.8 Å². The van der Waals surface area contributed by atoms with Gasteiger partial charge in [-0.25, -0.2) is 14.8 Å². The molecule has 1 fully saturated rings.